The second-order valence-corrected chi connectivity index (χ2v) is 8.59. The van der Waals surface area contributed by atoms with Gasteiger partial charge in [0.1, 0.15) is 0 Å². The van der Waals surface area contributed by atoms with E-state index in [0.29, 0.717) is 28.1 Å². The van der Waals surface area contributed by atoms with Crippen molar-refractivity contribution in [1.29, 1.82) is 0 Å². The maximum absolute atomic E-state index is 13.1. The van der Waals surface area contributed by atoms with Gasteiger partial charge in [-0.05, 0) is 55.6 Å². The molecule has 0 saturated carbocycles. The smallest absolute Gasteiger partial charge is 0.258 e. The molecule has 0 saturated heterocycles. The first kappa shape index (κ1) is 22.3. The second kappa shape index (κ2) is 9.30. The molecule has 1 aliphatic heterocycles. The van der Waals surface area contributed by atoms with Crippen LogP contribution in [0.25, 0.3) is 11.3 Å². The van der Waals surface area contributed by atoms with Gasteiger partial charge in [0.2, 0.25) is 0 Å². The van der Waals surface area contributed by atoms with Crippen LogP contribution in [0.15, 0.2) is 72.8 Å². The molecule has 0 fully saturated rings. The lowest BCUT2D eigenvalue weighted by Gasteiger charge is -2.16. The number of rotatable bonds is 6. The molecule has 1 heterocycles. The Kier molecular flexibility index (Phi) is 6.29. The van der Waals surface area contributed by atoms with Crippen LogP contribution in [0.4, 0.5) is 11.4 Å². The Bertz CT molecular complexity index is 1210. The summed E-state index contributed by atoms with van der Waals surface area (Å²) in [5.41, 5.74) is 6.13. The Hall–Kier alpha value is -3.90. The minimum atomic E-state index is -0.199. The maximum Gasteiger partial charge on any atom is 0.258 e. The summed E-state index contributed by atoms with van der Waals surface area (Å²) in [5.74, 6) is -0.308. The number of benzene rings is 3. The molecule has 4 rings (SSSR count). The maximum atomic E-state index is 13.1. The van der Waals surface area contributed by atoms with Crippen molar-refractivity contribution in [1.82, 2.24) is 9.80 Å². The van der Waals surface area contributed by atoms with E-state index in [4.69, 9.17) is 0 Å². The molecule has 2 amide bonds. The molecule has 6 nitrogen and oxygen atoms in total. The van der Waals surface area contributed by atoms with Crippen LogP contribution >= 0.6 is 0 Å². The van der Waals surface area contributed by atoms with Crippen LogP contribution in [0.3, 0.4) is 0 Å². The van der Waals surface area contributed by atoms with Gasteiger partial charge in [-0.15, -0.1) is 0 Å². The van der Waals surface area contributed by atoms with Crippen LogP contribution < -0.4 is 10.6 Å². The van der Waals surface area contributed by atoms with E-state index in [2.05, 4.69) is 27.7 Å². The number of nitrogens with zero attached hydrogens (tertiary/aromatic N) is 2. The summed E-state index contributed by atoms with van der Waals surface area (Å²) in [6.45, 7) is 0.853. The molecule has 0 spiro atoms. The van der Waals surface area contributed by atoms with E-state index in [1.54, 1.807) is 32.3 Å². The van der Waals surface area contributed by atoms with Crippen LogP contribution in [0, 0.1) is 0 Å². The van der Waals surface area contributed by atoms with E-state index in [-0.39, 0.29) is 11.8 Å². The van der Waals surface area contributed by atoms with Gasteiger partial charge < -0.3 is 20.4 Å². The molecule has 3 aromatic rings. The van der Waals surface area contributed by atoms with Gasteiger partial charge in [0.25, 0.3) is 11.8 Å². The minimum Gasteiger partial charge on any atom is -0.354 e. The zero-order valence-electron chi connectivity index (χ0n) is 19.3. The van der Waals surface area contributed by atoms with Gasteiger partial charge in [-0.3, -0.25) is 9.59 Å². The van der Waals surface area contributed by atoms with Gasteiger partial charge in [0.05, 0.1) is 11.3 Å². The molecule has 0 aromatic heterocycles. The predicted molar refractivity (Wildman–Crippen MR) is 134 cm³/mol. The lowest BCUT2D eigenvalue weighted by Crippen LogP contribution is -2.21. The second-order valence-electron chi connectivity index (χ2n) is 8.59. The van der Waals surface area contributed by atoms with Gasteiger partial charge in [-0.2, -0.15) is 0 Å². The lowest BCUT2D eigenvalue weighted by molar-refractivity contribution is -0.110. The number of carbonyl (C=O) groups excluding carboxylic acids is 2. The van der Waals surface area contributed by atoms with Crippen molar-refractivity contribution in [3.8, 4) is 0 Å². The Morgan fingerprint density at radius 2 is 1.58 bits per heavy atom. The highest BCUT2D eigenvalue weighted by atomic mass is 16.2. The Morgan fingerprint density at radius 1 is 0.879 bits per heavy atom. The molecular weight excluding hydrogens is 412 g/mol. The van der Waals surface area contributed by atoms with Crippen molar-refractivity contribution in [3.63, 3.8) is 0 Å². The summed E-state index contributed by atoms with van der Waals surface area (Å²) < 4.78 is 0. The molecule has 0 aliphatic carbocycles. The molecule has 168 valence electrons. The SMILES string of the molecule is CN(C)Cc1ccc(NC(=C2C(=O)Nc3ccc(C(=O)N(C)C)cc32)c2ccccc2)cc1. The van der Waals surface area contributed by atoms with Crippen molar-refractivity contribution in [2.75, 3.05) is 38.8 Å². The highest BCUT2D eigenvalue weighted by molar-refractivity contribution is 6.37. The monoisotopic (exact) mass is 440 g/mol. The van der Waals surface area contributed by atoms with Crippen LogP contribution in [-0.2, 0) is 11.3 Å². The number of amides is 2. The molecule has 0 bridgehead atoms. The first-order chi connectivity index (χ1) is 15.8. The summed E-state index contributed by atoms with van der Waals surface area (Å²) in [4.78, 5) is 29.3. The lowest BCUT2D eigenvalue weighted by atomic mass is 9.98. The van der Waals surface area contributed by atoms with Crippen LogP contribution in [0.1, 0.15) is 27.0 Å². The van der Waals surface area contributed by atoms with Crippen LogP contribution in [0.5, 0.6) is 0 Å². The first-order valence-corrected chi connectivity index (χ1v) is 10.8. The van der Waals surface area contributed by atoms with E-state index in [9.17, 15) is 9.59 Å². The number of carbonyl (C=O) groups is 2. The van der Waals surface area contributed by atoms with E-state index < -0.39 is 0 Å². The fourth-order valence-electron chi connectivity index (χ4n) is 3.89. The molecule has 33 heavy (non-hydrogen) atoms. The molecule has 3 aromatic carbocycles. The summed E-state index contributed by atoms with van der Waals surface area (Å²) in [7, 11) is 7.50. The standard InChI is InChI=1S/C27H28N4O2/c1-30(2)17-18-10-13-21(14-11-18)28-25(19-8-6-5-7-9-19)24-22-16-20(27(33)31(3)4)12-15-23(22)29-26(24)32/h5-16,28H,17H2,1-4H3,(H,29,32). The Balaban J connectivity index is 1.81. The topological polar surface area (TPSA) is 64.7 Å². The highest BCUT2D eigenvalue weighted by Crippen LogP contribution is 2.38. The summed E-state index contributed by atoms with van der Waals surface area (Å²) in [5, 5.41) is 6.41. The molecule has 2 N–H and O–H groups in total. The normalized spacial score (nSPS) is 14.0. The third-order valence-corrected chi connectivity index (χ3v) is 5.45. The van der Waals surface area contributed by atoms with Gasteiger partial charge in [0.15, 0.2) is 0 Å². The van der Waals surface area contributed by atoms with Gasteiger partial charge in [-0.25, -0.2) is 0 Å². The van der Waals surface area contributed by atoms with Crippen molar-refractivity contribution in [3.05, 3.63) is 95.1 Å². The number of fused-ring (bicyclic) bond motifs is 1. The molecule has 0 atom stereocenters. The number of anilines is 2. The predicted octanol–water partition coefficient (Wildman–Crippen LogP) is 4.38. The van der Waals surface area contributed by atoms with Crippen molar-refractivity contribution < 1.29 is 9.59 Å². The largest absolute Gasteiger partial charge is 0.354 e. The van der Waals surface area contributed by atoms with E-state index in [0.717, 1.165) is 17.8 Å². The molecule has 6 heteroatoms. The number of nitrogens with one attached hydrogen (secondary N) is 2. The number of hydrogen-bond acceptors (Lipinski definition) is 4. The van der Waals surface area contributed by atoms with Crippen LogP contribution in [0.2, 0.25) is 0 Å². The zero-order chi connectivity index (χ0) is 23.5. The van der Waals surface area contributed by atoms with E-state index in [1.165, 1.54) is 10.5 Å². The summed E-state index contributed by atoms with van der Waals surface area (Å²) >= 11 is 0. The van der Waals surface area contributed by atoms with Gasteiger partial charge in [0, 0.05) is 43.1 Å². The molecular formula is C27H28N4O2. The molecule has 1 aliphatic rings. The van der Waals surface area contributed by atoms with Crippen molar-refractivity contribution in [2.45, 2.75) is 6.54 Å². The Morgan fingerprint density at radius 3 is 2.21 bits per heavy atom. The molecule has 0 radical (unpaired) electrons. The minimum absolute atomic E-state index is 0.109. The Labute approximate surface area is 194 Å². The summed E-state index contributed by atoms with van der Waals surface area (Å²) in [6.07, 6.45) is 0. The van der Waals surface area contributed by atoms with E-state index >= 15 is 0 Å². The summed E-state index contributed by atoms with van der Waals surface area (Å²) in [6, 6.07) is 23.3. The highest BCUT2D eigenvalue weighted by Gasteiger charge is 2.29. The fraction of sp³-hybridized carbons (Fsp3) is 0.185. The quantitative estimate of drug-likeness (QED) is 0.559. The van der Waals surface area contributed by atoms with Gasteiger partial charge >= 0.3 is 0 Å². The average molecular weight is 441 g/mol. The van der Waals surface area contributed by atoms with Crippen molar-refractivity contribution in [2.24, 2.45) is 0 Å². The zero-order valence-corrected chi connectivity index (χ0v) is 19.3. The van der Waals surface area contributed by atoms with Gasteiger partial charge in [-0.1, -0.05) is 42.5 Å². The molecule has 0 unspecified atom stereocenters. The third-order valence-electron chi connectivity index (χ3n) is 5.45. The fourth-order valence-corrected chi connectivity index (χ4v) is 3.89. The average Bonchev–Trinajstić information content (AvgIpc) is 3.13. The first-order valence-electron chi connectivity index (χ1n) is 10.8. The van der Waals surface area contributed by atoms with Crippen LogP contribution in [-0.4, -0.2) is 49.8 Å². The third kappa shape index (κ3) is 4.81. The number of hydrogen-bond donors (Lipinski definition) is 2. The van der Waals surface area contributed by atoms with Crippen molar-refractivity contribution >= 4 is 34.5 Å². The van der Waals surface area contributed by atoms with E-state index in [1.807, 2.05) is 56.6 Å².